The molecule has 1 saturated heterocycles. The van der Waals surface area contributed by atoms with Crippen LogP contribution in [0.4, 0.5) is 4.79 Å². The van der Waals surface area contributed by atoms with E-state index in [4.69, 9.17) is 9.47 Å². The predicted octanol–water partition coefficient (Wildman–Crippen LogP) is 0.692. The number of carbonyl (C=O) groups is 3. The predicted molar refractivity (Wildman–Crippen MR) is 81.8 cm³/mol. The van der Waals surface area contributed by atoms with Gasteiger partial charge in [-0.25, -0.2) is 4.79 Å². The fourth-order valence-corrected chi connectivity index (χ4v) is 2.09. The van der Waals surface area contributed by atoms with Crippen molar-refractivity contribution in [3.63, 3.8) is 0 Å². The van der Waals surface area contributed by atoms with Crippen LogP contribution in [0.15, 0.2) is 0 Å². The largest absolute Gasteiger partial charge is 0.469 e. The zero-order valence-corrected chi connectivity index (χ0v) is 14.2. The molecule has 8 heteroatoms. The first-order valence-corrected chi connectivity index (χ1v) is 7.66. The fourth-order valence-electron chi connectivity index (χ4n) is 2.09. The Morgan fingerprint density at radius 3 is 2.52 bits per heavy atom. The van der Waals surface area contributed by atoms with E-state index in [0.29, 0.717) is 32.7 Å². The van der Waals surface area contributed by atoms with E-state index in [2.05, 4.69) is 10.1 Å². The first-order chi connectivity index (χ1) is 10.7. The van der Waals surface area contributed by atoms with E-state index in [1.807, 2.05) is 0 Å². The van der Waals surface area contributed by atoms with Gasteiger partial charge in [-0.1, -0.05) is 0 Å². The molecule has 0 unspecified atom stereocenters. The van der Waals surface area contributed by atoms with Gasteiger partial charge in [0.15, 0.2) is 0 Å². The highest BCUT2D eigenvalue weighted by molar-refractivity contribution is 5.89. The van der Waals surface area contributed by atoms with Crippen molar-refractivity contribution in [2.75, 3.05) is 33.4 Å². The molecule has 0 spiro atoms. The van der Waals surface area contributed by atoms with Crippen molar-refractivity contribution in [3.8, 4) is 0 Å². The molecule has 0 radical (unpaired) electrons. The van der Waals surface area contributed by atoms with E-state index in [1.165, 1.54) is 7.11 Å². The molecule has 23 heavy (non-hydrogen) atoms. The highest BCUT2D eigenvalue weighted by Crippen LogP contribution is 2.09. The minimum Gasteiger partial charge on any atom is -0.469 e. The van der Waals surface area contributed by atoms with Gasteiger partial charge in [-0.05, 0) is 27.2 Å². The number of hydrogen-bond donors (Lipinski definition) is 1. The van der Waals surface area contributed by atoms with Crippen LogP contribution in [0.1, 0.15) is 33.6 Å². The second kappa shape index (κ2) is 8.71. The van der Waals surface area contributed by atoms with Gasteiger partial charge in [-0.15, -0.1) is 0 Å². The van der Waals surface area contributed by atoms with E-state index < -0.39 is 23.7 Å². The molecule has 1 rings (SSSR count). The molecule has 0 aromatic rings. The number of hydrogen-bond acceptors (Lipinski definition) is 6. The third kappa shape index (κ3) is 7.32. The first-order valence-electron chi connectivity index (χ1n) is 7.66. The molecule has 0 aromatic heterocycles. The molecule has 0 aliphatic carbocycles. The van der Waals surface area contributed by atoms with Crippen LogP contribution in [-0.4, -0.2) is 67.9 Å². The summed E-state index contributed by atoms with van der Waals surface area (Å²) >= 11 is 0. The molecule has 1 fully saturated rings. The average Bonchev–Trinajstić information content (AvgIpc) is 2.72. The number of amides is 2. The quantitative estimate of drug-likeness (QED) is 0.762. The van der Waals surface area contributed by atoms with Gasteiger partial charge in [-0.2, -0.15) is 0 Å². The highest BCUT2D eigenvalue weighted by Gasteiger charge is 2.30. The van der Waals surface area contributed by atoms with Crippen molar-refractivity contribution in [1.29, 1.82) is 0 Å². The minimum atomic E-state index is -1.02. The van der Waals surface area contributed by atoms with Gasteiger partial charge in [0.05, 0.1) is 20.1 Å². The summed E-state index contributed by atoms with van der Waals surface area (Å²) in [4.78, 5) is 37.6. The Hall–Kier alpha value is -1.83. The third-order valence-electron chi connectivity index (χ3n) is 3.12. The molecule has 0 saturated carbocycles. The van der Waals surface area contributed by atoms with E-state index in [9.17, 15) is 14.4 Å². The lowest BCUT2D eigenvalue weighted by Crippen LogP contribution is -2.51. The monoisotopic (exact) mass is 330 g/mol. The zero-order valence-electron chi connectivity index (χ0n) is 14.2. The van der Waals surface area contributed by atoms with E-state index >= 15 is 0 Å². The number of nitrogens with zero attached hydrogens (tertiary/aromatic N) is 1. The van der Waals surface area contributed by atoms with Gasteiger partial charge in [0.1, 0.15) is 11.6 Å². The summed E-state index contributed by atoms with van der Waals surface area (Å²) in [6.07, 6.45) is -0.277. The Kier molecular flexibility index (Phi) is 7.28. The van der Waals surface area contributed by atoms with Gasteiger partial charge < -0.3 is 24.4 Å². The number of nitrogens with one attached hydrogen (secondary N) is 1. The second-order valence-electron chi connectivity index (χ2n) is 6.27. The van der Waals surface area contributed by atoms with Crippen LogP contribution in [-0.2, 0) is 23.8 Å². The van der Waals surface area contributed by atoms with Crippen LogP contribution in [0.3, 0.4) is 0 Å². The molecule has 0 aromatic carbocycles. The maximum Gasteiger partial charge on any atom is 0.408 e. The number of alkyl carbamates (subject to hydrolysis) is 1. The molecule has 8 nitrogen and oxygen atoms in total. The summed E-state index contributed by atoms with van der Waals surface area (Å²) in [5, 5.41) is 2.46. The second-order valence-corrected chi connectivity index (χ2v) is 6.27. The normalized spacial score (nSPS) is 17.0. The van der Waals surface area contributed by atoms with Crippen LogP contribution in [0.25, 0.3) is 0 Å². The van der Waals surface area contributed by atoms with Crippen molar-refractivity contribution in [3.05, 3.63) is 0 Å². The highest BCUT2D eigenvalue weighted by atomic mass is 16.6. The van der Waals surface area contributed by atoms with Gasteiger partial charge >= 0.3 is 12.1 Å². The van der Waals surface area contributed by atoms with Crippen LogP contribution < -0.4 is 5.32 Å². The fraction of sp³-hybridized carbons (Fsp3) is 0.800. The van der Waals surface area contributed by atoms with E-state index in [1.54, 1.807) is 25.7 Å². The Morgan fingerprint density at radius 1 is 1.22 bits per heavy atom. The summed E-state index contributed by atoms with van der Waals surface area (Å²) in [5.41, 5.74) is -0.695. The van der Waals surface area contributed by atoms with E-state index in [0.717, 1.165) is 0 Å². The molecular formula is C15H26N2O6. The first kappa shape index (κ1) is 19.2. The van der Waals surface area contributed by atoms with Crippen molar-refractivity contribution in [2.45, 2.75) is 45.3 Å². The zero-order chi connectivity index (χ0) is 17.5. The summed E-state index contributed by atoms with van der Waals surface area (Å²) in [6, 6.07) is -1.02. The number of methoxy groups -OCH3 is 1. The molecule has 2 amide bonds. The topological polar surface area (TPSA) is 94.2 Å². The lowest BCUT2D eigenvalue weighted by molar-refractivity contribution is -0.145. The van der Waals surface area contributed by atoms with Crippen molar-refractivity contribution >= 4 is 18.0 Å². The lowest BCUT2D eigenvalue weighted by Gasteiger charge is -2.27. The third-order valence-corrected chi connectivity index (χ3v) is 3.12. The molecule has 132 valence electrons. The number of esters is 1. The van der Waals surface area contributed by atoms with Crippen molar-refractivity contribution in [2.24, 2.45) is 0 Å². The number of carbonyl (C=O) groups excluding carboxylic acids is 3. The van der Waals surface area contributed by atoms with Crippen LogP contribution in [0.2, 0.25) is 0 Å². The average molecular weight is 330 g/mol. The molecule has 1 aliphatic heterocycles. The SMILES string of the molecule is COC(=O)C[C@H](NC(=O)OC(C)(C)C)C(=O)N1CCCOCC1. The number of rotatable bonds is 4. The Balaban J connectivity index is 2.75. The summed E-state index contributed by atoms with van der Waals surface area (Å²) in [6.45, 7) is 7.12. The van der Waals surface area contributed by atoms with Crippen LogP contribution >= 0.6 is 0 Å². The van der Waals surface area contributed by atoms with Crippen molar-refractivity contribution in [1.82, 2.24) is 10.2 Å². The van der Waals surface area contributed by atoms with E-state index in [-0.39, 0.29) is 12.3 Å². The molecule has 1 aliphatic rings. The number of ether oxygens (including phenoxy) is 3. The summed E-state index contributed by atoms with van der Waals surface area (Å²) in [5.74, 6) is -0.919. The maximum absolute atomic E-state index is 12.6. The lowest BCUT2D eigenvalue weighted by atomic mass is 10.1. The maximum atomic E-state index is 12.6. The Morgan fingerprint density at radius 2 is 1.91 bits per heavy atom. The van der Waals surface area contributed by atoms with Crippen LogP contribution in [0.5, 0.6) is 0 Å². The Bertz CT molecular complexity index is 424. The molecule has 1 heterocycles. The van der Waals surface area contributed by atoms with Gasteiger partial charge in [0.25, 0.3) is 0 Å². The summed E-state index contributed by atoms with van der Waals surface area (Å²) < 4.78 is 15.1. The minimum absolute atomic E-state index is 0.244. The van der Waals surface area contributed by atoms with Crippen molar-refractivity contribution < 1.29 is 28.6 Å². The molecule has 1 N–H and O–H groups in total. The van der Waals surface area contributed by atoms with Crippen LogP contribution in [0, 0.1) is 0 Å². The van der Waals surface area contributed by atoms with Gasteiger partial charge in [0, 0.05) is 19.7 Å². The molecule has 1 atom stereocenters. The van der Waals surface area contributed by atoms with Gasteiger partial charge in [-0.3, -0.25) is 9.59 Å². The smallest absolute Gasteiger partial charge is 0.408 e. The van der Waals surface area contributed by atoms with Gasteiger partial charge in [0.2, 0.25) is 5.91 Å². The molecule has 0 bridgehead atoms. The summed E-state index contributed by atoms with van der Waals surface area (Å²) in [7, 11) is 1.23. The Labute approximate surface area is 136 Å². The molecular weight excluding hydrogens is 304 g/mol. The standard InChI is InChI=1S/C15H26N2O6/c1-15(2,3)23-14(20)16-11(10-12(18)21-4)13(19)17-6-5-8-22-9-7-17/h11H,5-10H2,1-4H3,(H,16,20)/t11-/m0/s1.